The van der Waals surface area contributed by atoms with Crippen molar-refractivity contribution in [2.24, 2.45) is 4.99 Å². The van der Waals surface area contributed by atoms with Gasteiger partial charge in [-0.05, 0) is 50.0 Å². The lowest BCUT2D eigenvalue weighted by Crippen LogP contribution is -2.42. The Morgan fingerprint density at radius 3 is 2.79 bits per heavy atom. The molecule has 1 unspecified atom stereocenters. The van der Waals surface area contributed by atoms with Crippen LogP contribution in [0.5, 0.6) is 5.75 Å². The Bertz CT molecular complexity index is 768. The summed E-state index contributed by atoms with van der Waals surface area (Å²) < 4.78 is 10.8. The molecule has 2 heterocycles. The average Bonchev–Trinajstić information content (AvgIpc) is 3.42. The zero-order chi connectivity index (χ0) is 19.8. The molecule has 1 aliphatic rings. The normalized spacial score (nSPS) is 16.2. The maximum absolute atomic E-state index is 5.42. The highest BCUT2D eigenvalue weighted by Crippen LogP contribution is 2.27. The number of nitrogens with zero attached hydrogens (tertiary/aromatic N) is 3. The maximum Gasteiger partial charge on any atom is 0.191 e. The lowest BCUT2D eigenvalue weighted by Gasteiger charge is -2.29. The van der Waals surface area contributed by atoms with E-state index < -0.39 is 0 Å². The molecule has 28 heavy (non-hydrogen) atoms. The van der Waals surface area contributed by atoms with Crippen LogP contribution in [0, 0.1) is 0 Å². The van der Waals surface area contributed by atoms with Crippen molar-refractivity contribution in [1.82, 2.24) is 20.7 Å². The molecule has 0 saturated carbocycles. The fraction of sp³-hybridized carbons (Fsp3) is 0.524. The van der Waals surface area contributed by atoms with E-state index in [-0.39, 0.29) is 6.04 Å². The maximum atomic E-state index is 5.42. The number of benzene rings is 1. The van der Waals surface area contributed by atoms with E-state index in [0.717, 1.165) is 49.2 Å². The molecule has 0 radical (unpaired) electrons. The van der Waals surface area contributed by atoms with Crippen molar-refractivity contribution in [3.8, 4) is 5.75 Å². The Balaban J connectivity index is 1.62. The molecule has 1 aromatic heterocycles. The zero-order valence-corrected chi connectivity index (χ0v) is 17.1. The number of guanidine groups is 1. The van der Waals surface area contributed by atoms with Crippen LogP contribution in [0.15, 0.2) is 39.8 Å². The molecule has 0 amide bonds. The fourth-order valence-corrected chi connectivity index (χ4v) is 3.55. The molecule has 3 rings (SSSR count). The summed E-state index contributed by atoms with van der Waals surface area (Å²) in [6.07, 6.45) is 3.37. The van der Waals surface area contributed by atoms with E-state index in [1.807, 2.05) is 12.1 Å². The standard InChI is InChI=1S/C21H31N5O2/c1-4-17-13-19(28-25-17)14-23-21(22-2)24-15-20(26-10-5-6-11-26)16-8-7-9-18(12-16)27-3/h7-9,12-13,20H,4-6,10-11,14-15H2,1-3H3,(H2,22,23,24). The molecule has 2 N–H and O–H groups in total. The molecule has 7 heteroatoms. The number of aromatic nitrogens is 1. The van der Waals surface area contributed by atoms with Crippen LogP contribution < -0.4 is 15.4 Å². The van der Waals surface area contributed by atoms with Gasteiger partial charge in [0, 0.05) is 19.7 Å². The third-order valence-electron chi connectivity index (χ3n) is 5.15. The first kappa shape index (κ1) is 20.2. The van der Waals surface area contributed by atoms with Crippen LogP contribution in [-0.2, 0) is 13.0 Å². The molecule has 1 fully saturated rings. The molecule has 1 atom stereocenters. The van der Waals surface area contributed by atoms with E-state index in [9.17, 15) is 0 Å². The van der Waals surface area contributed by atoms with E-state index in [2.05, 4.69) is 50.8 Å². The molecule has 1 aliphatic heterocycles. The molecule has 0 spiro atoms. The van der Waals surface area contributed by atoms with Crippen LogP contribution in [0.4, 0.5) is 0 Å². The molecule has 1 saturated heterocycles. The quantitative estimate of drug-likeness (QED) is 0.538. The predicted octanol–water partition coefficient (Wildman–Crippen LogP) is 2.75. The van der Waals surface area contributed by atoms with Crippen LogP contribution >= 0.6 is 0 Å². The average molecular weight is 386 g/mol. The monoisotopic (exact) mass is 385 g/mol. The van der Waals surface area contributed by atoms with Crippen molar-refractivity contribution in [1.29, 1.82) is 0 Å². The number of rotatable bonds is 8. The first-order valence-corrected chi connectivity index (χ1v) is 10.0. The highest BCUT2D eigenvalue weighted by atomic mass is 16.5. The van der Waals surface area contributed by atoms with Gasteiger partial charge in [-0.15, -0.1) is 0 Å². The van der Waals surface area contributed by atoms with Gasteiger partial charge in [0.15, 0.2) is 11.7 Å². The van der Waals surface area contributed by atoms with E-state index in [1.165, 1.54) is 18.4 Å². The van der Waals surface area contributed by atoms with Crippen molar-refractivity contribution in [2.75, 3.05) is 33.8 Å². The van der Waals surface area contributed by atoms with Gasteiger partial charge in [-0.3, -0.25) is 9.89 Å². The molecule has 0 bridgehead atoms. The SMILES string of the molecule is CCc1cc(CNC(=NC)NCC(c2cccc(OC)c2)N2CCCC2)on1. The Labute approximate surface area is 167 Å². The first-order chi connectivity index (χ1) is 13.7. The summed E-state index contributed by atoms with van der Waals surface area (Å²) in [6, 6.07) is 10.6. The molecule has 152 valence electrons. The summed E-state index contributed by atoms with van der Waals surface area (Å²) in [7, 11) is 3.49. The number of aryl methyl sites for hydroxylation is 1. The summed E-state index contributed by atoms with van der Waals surface area (Å²) in [6.45, 7) is 5.62. The first-order valence-electron chi connectivity index (χ1n) is 10.0. The highest BCUT2D eigenvalue weighted by Gasteiger charge is 2.24. The fourth-order valence-electron chi connectivity index (χ4n) is 3.55. The number of methoxy groups -OCH3 is 1. The number of aliphatic imine (C=N–C) groups is 1. The third-order valence-corrected chi connectivity index (χ3v) is 5.15. The van der Waals surface area contributed by atoms with Gasteiger partial charge in [-0.2, -0.15) is 0 Å². The second kappa shape index (κ2) is 10.1. The minimum absolute atomic E-state index is 0.271. The van der Waals surface area contributed by atoms with Crippen molar-refractivity contribution >= 4 is 5.96 Å². The van der Waals surface area contributed by atoms with Crippen LogP contribution in [-0.4, -0.2) is 49.8 Å². The van der Waals surface area contributed by atoms with Gasteiger partial charge in [0.25, 0.3) is 0 Å². The molecule has 0 aliphatic carbocycles. The van der Waals surface area contributed by atoms with Gasteiger partial charge >= 0.3 is 0 Å². The molecule has 7 nitrogen and oxygen atoms in total. The van der Waals surface area contributed by atoms with Crippen LogP contribution in [0.25, 0.3) is 0 Å². The molecule has 2 aromatic rings. The van der Waals surface area contributed by atoms with Crippen molar-refractivity contribution in [3.63, 3.8) is 0 Å². The van der Waals surface area contributed by atoms with Gasteiger partial charge < -0.3 is 19.9 Å². The van der Waals surface area contributed by atoms with Gasteiger partial charge in [-0.1, -0.05) is 24.2 Å². The van der Waals surface area contributed by atoms with Crippen LogP contribution in [0.3, 0.4) is 0 Å². The zero-order valence-electron chi connectivity index (χ0n) is 17.1. The topological polar surface area (TPSA) is 74.9 Å². The van der Waals surface area contributed by atoms with Crippen molar-refractivity contribution in [3.05, 3.63) is 47.3 Å². The summed E-state index contributed by atoms with van der Waals surface area (Å²) in [5.74, 6) is 2.45. The largest absolute Gasteiger partial charge is 0.497 e. The molecular weight excluding hydrogens is 354 g/mol. The lowest BCUT2D eigenvalue weighted by molar-refractivity contribution is 0.245. The van der Waals surface area contributed by atoms with Crippen LogP contribution in [0.2, 0.25) is 0 Å². The van der Waals surface area contributed by atoms with Gasteiger partial charge in [0.2, 0.25) is 0 Å². The summed E-state index contributed by atoms with van der Waals surface area (Å²) in [5.41, 5.74) is 2.22. The van der Waals surface area contributed by atoms with Crippen LogP contribution in [0.1, 0.15) is 42.8 Å². The van der Waals surface area contributed by atoms with E-state index >= 15 is 0 Å². The number of nitrogens with one attached hydrogen (secondary N) is 2. The van der Waals surface area contributed by atoms with E-state index in [0.29, 0.717) is 6.54 Å². The van der Waals surface area contributed by atoms with E-state index in [1.54, 1.807) is 14.2 Å². The van der Waals surface area contributed by atoms with Gasteiger partial charge in [-0.25, -0.2) is 0 Å². The summed E-state index contributed by atoms with van der Waals surface area (Å²) in [4.78, 5) is 6.87. The number of hydrogen-bond acceptors (Lipinski definition) is 5. The number of likely N-dealkylation sites (tertiary alicyclic amines) is 1. The Morgan fingerprint density at radius 1 is 1.29 bits per heavy atom. The van der Waals surface area contributed by atoms with E-state index in [4.69, 9.17) is 9.26 Å². The molecule has 1 aromatic carbocycles. The summed E-state index contributed by atoms with van der Waals surface area (Å²) in [5, 5.41) is 10.8. The Morgan fingerprint density at radius 2 is 2.11 bits per heavy atom. The van der Waals surface area contributed by atoms with Gasteiger partial charge in [0.05, 0.1) is 25.4 Å². The second-order valence-corrected chi connectivity index (χ2v) is 6.98. The number of ether oxygens (including phenoxy) is 1. The second-order valence-electron chi connectivity index (χ2n) is 6.98. The van der Waals surface area contributed by atoms with Gasteiger partial charge in [0.1, 0.15) is 5.75 Å². The summed E-state index contributed by atoms with van der Waals surface area (Å²) >= 11 is 0. The Hall–Kier alpha value is -2.54. The van der Waals surface area contributed by atoms with Crippen molar-refractivity contribution in [2.45, 2.75) is 38.8 Å². The minimum atomic E-state index is 0.271. The molecular formula is C21H31N5O2. The van der Waals surface area contributed by atoms with Crippen molar-refractivity contribution < 1.29 is 9.26 Å². The minimum Gasteiger partial charge on any atom is -0.497 e. The predicted molar refractivity (Wildman–Crippen MR) is 111 cm³/mol. The highest BCUT2D eigenvalue weighted by molar-refractivity contribution is 5.79. The smallest absolute Gasteiger partial charge is 0.191 e. The lowest BCUT2D eigenvalue weighted by atomic mass is 10.1. The third kappa shape index (κ3) is 5.25. The number of hydrogen-bond donors (Lipinski definition) is 2. The Kier molecular flexibility index (Phi) is 7.31.